The Morgan fingerprint density at radius 3 is 2.05 bits per heavy atom. The van der Waals surface area contributed by atoms with E-state index in [-0.39, 0.29) is 12.1 Å². The highest BCUT2D eigenvalue weighted by molar-refractivity contribution is 9.09. The molecule has 2 nitrogen and oxygen atoms in total. The number of hydrogen-bond donors (Lipinski definition) is 0. The predicted molar refractivity (Wildman–Crippen MR) is 88.4 cm³/mol. The van der Waals surface area contributed by atoms with Gasteiger partial charge in [0, 0.05) is 11.8 Å². The van der Waals surface area contributed by atoms with Gasteiger partial charge in [0.25, 0.3) is 0 Å². The van der Waals surface area contributed by atoms with Crippen molar-refractivity contribution >= 4 is 21.9 Å². The molecule has 4 saturated carbocycles. The second-order valence-corrected chi connectivity index (χ2v) is 8.38. The van der Waals surface area contributed by atoms with Gasteiger partial charge >= 0.3 is 5.97 Å². The maximum atomic E-state index is 12.1. The van der Waals surface area contributed by atoms with Crippen LogP contribution in [-0.4, -0.2) is 17.4 Å². The van der Waals surface area contributed by atoms with Crippen molar-refractivity contribution in [3.63, 3.8) is 0 Å². The topological polar surface area (TPSA) is 26.3 Å². The van der Waals surface area contributed by atoms with Gasteiger partial charge in [0.1, 0.15) is 6.10 Å². The molecule has 0 saturated heterocycles. The van der Waals surface area contributed by atoms with Crippen LogP contribution >= 0.6 is 15.9 Å². The molecular formula is C18H29BrO2. The molecule has 0 aromatic rings. The first-order valence-electron chi connectivity index (χ1n) is 9.01. The number of esters is 1. The van der Waals surface area contributed by atoms with Crippen LogP contribution in [0.15, 0.2) is 0 Å². The summed E-state index contributed by atoms with van der Waals surface area (Å²) in [6.07, 6.45) is 13.6. The van der Waals surface area contributed by atoms with E-state index in [9.17, 15) is 4.79 Å². The third-order valence-corrected chi connectivity index (χ3v) is 6.48. The minimum atomic E-state index is 0.0768. The fourth-order valence-electron chi connectivity index (χ4n) is 5.17. The fraction of sp³-hybridized carbons (Fsp3) is 0.944. The summed E-state index contributed by atoms with van der Waals surface area (Å²) in [5.74, 6) is 3.38. The molecule has 0 spiro atoms. The standard InChI is InChI=1S/C18H29BrO2/c19-7-5-3-1-2-4-6-17(20)21-18-15-9-13-8-14(11-15)12-16(18)10-13/h13-16,18H,1-12H2. The molecule has 0 radical (unpaired) electrons. The Hall–Kier alpha value is -0.0500. The van der Waals surface area contributed by atoms with Crippen LogP contribution in [-0.2, 0) is 9.53 Å². The molecule has 4 bridgehead atoms. The van der Waals surface area contributed by atoms with E-state index in [1.54, 1.807) is 0 Å². The van der Waals surface area contributed by atoms with Crippen molar-refractivity contribution in [2.24, 2.45) is 23.7 Å². The van der Waals surface area contributed by atoms with E-state index >= 15 is 0 Å². The van der Waals surface area contributed by atoms with Gasteiger partial charge in [-0.25, -0.2) is 0 Å². The lowest BCUT2D eigenvalue weighted by Crippen LogP contribution is -2.50. The van der Waals surface area contributed by atoms with Gasteiger partial charge in [-0.2, -0.15) is 0 Å². The van der Waals surface area contributed by atoms with E-state index in [0.717, 1.165) is 23.6 Å². The largest absolute Gasteiger partial charge is 0.462 e. The molecule has 0 heterocycles. The summed E-state index contributed by atoms with van der Waals surface area (Å²) in [7, 11) is 0. The molecule has 21 heavy (non-hydrogen) atoms. The minimum absolute atomic E-state index is 0.0768. The molecule has 0 unspecified atom stereocenters. The first-order chi connectivity index (χ1) is 10.3. The first kappa shape index (κ1) is 15.8. The number of carbonyl (C=O) groups is 1. The summed E-state index contributed by atoms with van der Waals surface area (Å²) in [6.45, 7) is 0. The Morgan fingerprint density at radius 2 is 1.43 bits per heavy atom. The van der Waals surface area contributed by atoms with Crippen molar-refractivity contribution in [2.45, 2.75) is 76.7 Å². The SMILES string of the molecule is O=C(CCCCCCCBr)OC1C2CC3CC(C2)CC1C3. The highest BCUT2D eigenvalue weighted by Gasteiger charge is 2.49. The van der Waals surface area contributed by atoms with Gasteiger partial charge in [0.15, 0.2) is 0 Å². The van der Waals surface area contributed by atoms with Gasteiger partial charge in [-0.1, -0.05) is 35.2 Å². The van der Waals surface area contributed by atoms with Crippen LogP contribution in [0.2, 0.25) is 0 Å². The highest BCUT2D eigenvalue weighted by Crippen LogP contribution is 2.54. The summed E-state index contributed by atoms with van der Waals surface area (Å²) in [4.78, 5) is 12.1. The van der Waals surface area contributed by atoms with Crippen molar-refractivity contribution in [1.82, 2.24) is 0 Å². The van der Waals surface area contributed by atoms with Crippen molar-refractivity contribution < 1.29 is 9.53 Å². The molecule has 0 N–H and O–H groups in total. The van der Waals surface area contributed by atoms with Crippen LogP contribution in [0.25, 0.3) is 0 Å². The van der Waals surface area contributed by atoms with Crippen molar-refractivity contribution in [1.29, 1.82) is 0 Å². The van der Waals surface area contributed by atoms with E-state index in [1.165, 1.54) is 57.8 Å². The molecule has 4 aliphatic carbocycles. The average Bonchev–Trinajstić information content (AvgIpc) is 2.46. The summed E-state index contributed by atoms with van der Waals surface area (Å²) in [5.41, 5.74) is 0. The number of unbranched alkanes of at least 4 members (excludes halogenated alkanes) is 4. The average molecular weight is 357 g/mol. The summed E-state index contributed by atoms with van der Waals surface area (Å²) in [5, 5.41) is 1.10. The lowest BCUT2D eigenvalue weighted by Gasteiger charge is -2.53. The Kier molecular flexibility index (Phi) is 5.64. The number of rotatable bonds is 8. The second kappa shape index (κ2) is 7.48. The molecular weight excluding hydrogens is 328 g/mol. The van der Waals surface area contributed by atoms with Crippen LogP contribution < -0.4 is 0 Å². The number of halogens is 1. The fourth-order valence-corrected chi connectivity index (χ4v) is 5.57. The molecule has 4 aliphatic rings. The highest BCUT2D eigenvalue weighted by atomic mass is 79.9. The monoisotopic (exact) mass is 356 g/mol. The number of carbonyl (C=O) groups excluding carboxylic acids is 1. The van der Waals surface area contributed by atoms with Gasteiger partial charge in [0.05, 0.1) is 0 Å². The molecule has 0 aromatic carbocycles. The number of alkyl halides is 1. The minimum Gasteiger partial charge on any atom is -0.462 e. The van der Waals surface area contributed by atoms with Gasteiger partial charge in [-0.15, -0.1) is 0 Å². The maximum Gasteiger partial charge on any atom is 0.306 e. The van der Waals surface area contributed by atoms with E-state index in [1.807, 2.05) is 0 Å². The van der Waals surface area contributed by atoms with Crippen LogP contribution in [0.5, 0.6) is 0 Å². The maximum absolute atomic E-state index is 12.1. The van der Waals surface area contributed by atoms with E-state index in [0.29, 0.717) is 18.3 Å². The quantitative estimate of drug-likeness (QED) is 0.344. The van der Waals surface area contributed by atoms with Crippen LogP contribution in [0.4, 0.5) is 0 Å². The molecule has 3 heteroatoms. The van der Waals surface area contributed by atoms with Gasteiger partial charge in [-0.05, 0) is 68.6 Å². The Balaban J connectivity index is 1.35. The lowest BCUT2D eigenvalue weighted by molar-refractivity contribution is -0.170. The lowest BCUT2D eigenvalue weighted by atomic mass is 9.55. The Bertz CT molecular complexity index is 327. The third-order valence-electron chi connectivity index (χ3n) is 5.92. The van der Waals surface area contributed by atoms with E-state index in [4.69, 9.17) is 4.74 Å². The molecule has 120 valence electrons. The molecule has 4 rings (SSSR count). The number of hydrogen-bond acceptors (Lipinski definition) is 2. The molecule has 0 aliphatic heterocycles. The number of ether oxygens (including phenoxy) is 1. The van der Waals surface area contributed by atoms with Crippen molar-refractivity contribution in [3.05, 3.63) is 0 Å². The summed E-state index contributed by atoms with van der Waals surface area (Å²) >= 11 is 3.45. The zero-order valence-corrected chi connectivity index (χ0v) is 14.7. The van der Waals surface area contributed by atoms with Crippen molar-refractivity contribution in [2.75, 3.05) is 5.33 Å². The van der Waals surface area contributed by atoms with Crippen molar-refractivity contribution in [3.8, 4) is 0 Å². The second-order valence-electron chi connectivity index (χ2n) is 7.59. The van der Waals surface area contributed by atoms with Gasteiger partial charge < -0.3 is 4.74 Å². The van der Waals surface area contributed by atoms with Gasteiger partial charge in [0.2, 0.25) is 0 Å². The van der Waals surface area contributed by atoms with Gasteiger partial charge in [-0.3, -0.25) is 4.79 Å². The first-order valence-corrected chi connectivity index (χ1v) is 10.1. The van der Waals surface area contributed by atoms with E-state index < -0.39 is 0 Å². The molecule has 0 amide bonds. The normalized spacial score (nSPS) is 36.9. The zero-order valence-electron chi connectivity index (χ0n) is 13.1. The van der Waals surface area contributed by atoms with Crippen LogP contribution in [0.3, 0.4) is 0 Å². The van der Waals surface area contributed by atoms with Crippen LogP contribution in [0.1, 0.15) is 70.6 Å². The summed E-state index contributed by atoms with van der Waals surface area (Å²) < 4.78 is 5.91. The summed E-state index contributed by atoms with van der Waals surface area (Å²) in [6, 6.07) is 0. The third kappa shape index (κ3) is 4.03. The smallest absolute Gasteiger partial charge is 0.306 e. The molecule has 0 aromatic heterocycles. The Morgan fingerprint density at radius 1 is 0.857 bits per heavy atom. The Labute approximate surface area is 137 Å². The predicted octanol–water partition coefficient (Wildman–Crippen LogP) is 5.09. The zero-order chi connectivity index (χ0) is 14.7. The van der Waals surface area contributed by atoms with Crippen LogP contribution in [0, 0.1) is 23.7 Å². The van der Waals surface area contributed by atoms with E-state index in [2.05, 4.69) is 15.9 Å². The molecule has 0 atom stereocenters. The molecule has 4 fully saturated rings.